The summed E-state index contributed by atoms with van der Waals surface area (Å²) in [6.45, 7) is 7.46. The SMILES string of the molecule is C=CCCCCCNc1cccc(OCC)c1. The van der Waals surface area contributed by atoms with Crippen molar-refractivity contribution in [1.82, 2.24) is 0 Å². The van der Waals surface area contributed by atoms with Crippen LogP contribution in [0.3, 0.4) is 0 Å². The molecule has 94 valence electrons. The fourth-order valence-electron chi connectivity index (χ4n) is 1.69. The van der Waals surface area contributed by atoms with Crippen molar-refractivity contribution in [3.05, 3.63) is 36.9 Å². The van der Waals surface area contributed by atoms with Crippen LogP contribution in [0.25, 0.3) is 0 Å². The molecule has 0 aromatic heterocycles. The Labute approximate surface area is 105 Å². The molecule has 0 saturated carbocycles. The summed E-state index contributed by atoms with van der Waals surface area (Å²) in [5.74, 6) is 0.934. The zero-order valence-corrected chi connectivity index (χ0v) is 10.7. The Morgan fingerprint density at radius 2 is 2.18 bits per heavy atom. The fourth-order valence-corrected chi connectivity index (χ4v) is 1.69. The van der Waals surface area contributed by atoms with Gasteiger partial charge in [0, 0.05) is 18.3 Å². The minimum absolute atomic E-state index is 0.713. The summed E-state index contributed by atoms with van der Waals surface area (Å²) in [5.41, 5.74) is 1.14. The highest BCUT2D eigenvalue weighted by Crippen LogP contribution is 2.17. The Morgan fingerprint density at radius 1 is 1.29 bits per heavy atom. The van der Waals surface area contributed by atoms with Crippen LogP contribution in [0.4, 0.5) is 5.69 Å². The summed E-state index contributed by atoms with van der Waals surface area (Å²) in [6.07, 6.45) is 6.81. The second-order valence-corrected chi connectivity index (χ2v) is 4.03. The van der Waals surface area contributed by atoms with E-state index >= 15 is 0 Å². The second-order valence-electron chi connectivity index (χ2n) is 4.03. The smallest absolute Gasteiger partial charge is 0.121 e. The standard InChI is InChI=1S/C15H23NO/c1-3-5-6-7-8-12-16-14-10-9-11-15(13-14)17-4-2/h3,9-11,13,16H,1,4-8,12H2,2H3. The number of allylic oxidation sites excluding steroid dienone is 1. The van der Waals surface area contributed by atoms with Gasteiger partial charge in [0.1, 0.15) is 5.75 Å². The topological polar surface area (TPSA) is 21.3 Å². The largest absolute Gasteiger partial charge is 0.494 e. The molecule has 0 unspecified atom stereocenters. The summed E-state index contributed by atoms with van der Waals surface area (Å²) < 4.78 is 5.45. The molecule has 0 bridgehead atoms. The van der Waals surface area contributed by atoms with Crippen molar-refractivity contribution < 1.29 is 4.74 Å². The number of benzene rings is 1. The maximum absolute atomic E-state index is 5.45. The van der Waals surface area contributed by atoms with Crippen molar-refractivity contribution in [2.75, 3.05) is 18.5 Å². The van der Waals surface area contributed by atoms with Crippen molar-refractivity contribution in [2.24, 2.45) is 0 Å². The Hall–Kier alpha value is -1.44. The highest BCUT2D eigenvalue weighted by molar-refractivity contribution is 5.48. The van der Waals surface area contributed by atoms with Gasteiger partial charge in [-0.1, -0.05) is 18.6 Å². The van der Waals surface area contributed by atoms with Crippen LogP contribution in [-0.2, 0) is 0 Å². The monoisotopic (exact) mass is 233 g/mol. The lowest BCUT2D eigenvalue weighted by Gasteiger charge is -2.08. The molecule has 0 amide bonds. The fraction of sp³-hybridized carbons (Fsp3) is 0.467. The van der Waals surface area contributed by atoms with Crippen molar-refractivity contribution in [1.29, 1.82) is 0 Å². The lowest BCUT2D eigenvalue weighted by atomic mass is 10.2. The van der Waals surface area contributed by atoms with Crippen molar-refractivity contribution in [3.63, 3.8) is 0 Å². The van der Waals surface area contributed by atoms with Crippen molar-refractivity contribution in [3.8, 4) is 5.75 Å². The first kappa shape index (κ1) is 13.6. The van der Waals surface area contributed by atoms with Crippen LogP contribution in [0.15, 0.2) is 36.9 Å². The van der Waals surface area contributed by atoms with Gasteiger partial charge in [-0.3, -0.25) is 0 Å². The molecular weight excluding hydrogens is 210 g/mol. The van der Waals surface area contributed by atoms with E-state index in [0.717, 1.165) is 24.4 Å². The lowest BCUT2D eigenvalue weighted by Crippen LogP contribution is -2.01. The van der Waals surface area contributed by atoms with Crippen LogP contribution < -0.4 is 10.1 Å². The maximum Gasteiger partial charge on any atom is 0.121 e. The van der Waals surface area contributed by atoms with Crippen LogP contribution >= 0.6 is 0 Å². The molecule has 0 aliphatic heterocycles. The number of ether oxygens (including phenoxy) is 1. The quantitative estimate of drug-likeness (QED) is 0.508. The molecule has 0 fully saturated rings. The first-order valence-corrected chi connectivity index (χ1v) is 6.44. The number of hydrogen-bond donors (Lipinski definition) is 1. The van der Waals surface area contributed by atoms with E-state index in [9.17, 15) is 0 Å². The number of unbranched alkanes of at least 4 members (excludes halogenated alkanes) is 3. The maximum atomic E-state index is 5.45. The molecule has 1 aromatic rings. The third kappa shape index (κ3) is 6.00. The van der Waals surface area contributed by atoms with Gasteiger partial charge in [-0.25, -0.2) is 0 Å². The molecule has 0 aliphatic rings. The lowest BCUT2D eigenvalue weighted by molar-refractivity contribution is 0.340. The van der Waals surface area contributed by atoms with Gasteiger partial charge in [0.05, 0.1) is 6.61 Å². The molecule has 0 saturated heterocycles. The first-order valence-electron chi connectivity index (χ1n) is 6.44. The van der Waals surface area contributed by atoms with E-state index in [1.54, 1.807) is 0 Å². The number of rotatable bonds is 9. The molecular formula is C15H23NO. The molecule has 17 heavy (non-hydrogen) atoms. The van der Waals surface area contributed by atoms with E-state index in [1.807, 2.05) is 31.2 Å². The van der Waals surface area contributed by atoms with Crippen LogP contribution in [0.5, 0.6) is 5.75 Å². The van der Waals surface area contributed by atoms with Gasteiger partial charge in [0.2, 0.25) is 0 Å². The Bertz CT molecular complexity index is 322. The zero-order chi connectivity index (χ0) is 12.3. The van der Waals surface area contributed by atoms with Gasteiger partial charge in [0.15, 0.2) is 0 Å². The molecule has 1 N–H and O–H groups in total. The first-order chi connectivity index (χ1) is 8.36. The van der Waals surface area contributed by atoms with Crippen LogP contribution in [-0.4, -0.2) is 13.2 Å². The third-order valence-electron chi connectivity index (χ3n) is 2.56. The van der Waals surface area contributed by atoms with E-state index in [-0.39, 0.29) is 0 Å². The molecule has 0 aliphatic carbocycles. The Kier molecular flexibility index (Phi) is 6.96. The summed E-state index contributed by atoms with van der Waals surface area (Å²) in [5, 5.41) is 3.41. The zero-order valence-electron chi connectivity index (χ0n) is 10.7. The third-order valence-corrected chi connectivity index (χ3v) is 2.56. The number of hydrogen-bond acceptors (Lipinski definition) is 2. The van der Waals surface area contributed by atoms with Crippen LogP contribution in [0.1, 0.15) is 32.6 Å². The van der Waals surface area contributed by atoms with Crippen molar-refractivity contribution >= 4 is 5.69 Å². The predicted octanol–water partition coefficient (Wildman–Crippen LogP) is 4.24. The molecule has 2 heteroatoms. The summed E-state index contributed by atoms with van der Waals surface area (Å²) in [4.78, 5) is 0. The number of anilines is 1. The average molecular weight is 233 g/mol. The molecule has 0 radical (unpaired) electrons. The van der Waals surface area contributed by atoms with E-state index in [0.29, 0.717) is 6.61 Å². The summed E-state index contributed by atoms with van der Waals surface area (Å²) in [6, 6.07) is 8.13. The van der Waals surface area contributed by atoms with Crippen LogP contribution in [0.2, 0.25) is 0 Å². The normalized spacial score (nSPS) is 9.94. The highest BCUT2D eigenvalue weighted by Gasteiger charge is 1.95. The molecule has 0 spiro atoms. The van der Waals surface area contributed by atoms with E-state index in [2.05, 4.69) is 18.0 Å². The summed E-state index contributed by atoms with van der Waals surface area (Å²) in [7, 11) is 0. The van der Waals surface area contributed by atoms with E-state index in [4.69, 9.17) is 4.74 Å². The molecule has 0 atom stereocenters. The van der Waals surface area contributed by atoms with Gasteiger partial charge >= 0.3 is 0 Å². The second kappa shape index (κ2) is 8.68. The van der Waals surface area contributed by atoms with Gasteiger partial charge in [0.25, 0.3) is 0 Å². The molecule has 1 rings (SSSR count). The number of nitrogens with one attached hydrogen (secondary N) is 1. The van der Waals surface area contributed by atoms with Gasteiger partial charge in [-0.2, -0.15) is 0 Å². The summed E-state index contributed by atoms with van der Waals surface area (Å²) >= 11 is 0. The Morgan fingerprint density at radius 3 is 2.94 bits per heavy atom. The molecule has 2 nitrogen and oxygen atoms in total. The minimum Gasteiger partial charge on any atom is -0.494 e. The van der Waals surface area contributed by atoms with E-state index in [1.165, 1.54) is 19.3 Å². The molecule has 0 heterocycles. The minimum atomic E-state index is 0.713. The Balaban J connectivity index is 2.21. The van der Waals surface area contributed by atoms with Crippen LogP contribution in [0, 0.1) is 0 Å². The molecule has 1 aromatic carbocycles. The average Bonchev–Trinajstić information content (AvgIpc) is 2.35. The highest BCUT2D eigenvalue weighted by atomic mass is 16.5. The van der Waals surface area contributed by atoms with Gasteiger partial charge in [-0.05, 0) is 38.3 Å². The predicted molar refractivity (Wildman–Crippen MR) is 74.8 cm³/mol. The van der Waals surface area contributed by atoms with Gasteiger partial charge in [-0.15, -0.1) is 6.58 Å². The van der Waals surface area contributed by atoms with Crippen molar-refractivity contribution in [2.45, 2.75) is 32.6 Å². The van der Waals surface area contributed by atoms with Gasteiger partial charge < -0.3 is 10.1 Å². The van der Waals surface area contributed by atoms with E-state index < -0.39 is 0 Å².